The van der Waals surface area contributed by atoms with E-state index in [1.54, 1.807) is 12.3 Å². The summed E-state index contributed by atoms with van der Waals surface area (Å²) in [6.45, 7) is 1.69. The molecule has 0 unspecified atom stereocenters. The van der Waals surface area contributed by atoms with Gasteiger partial charge < -0.3 is 67.5 Å². The maximum absolute atomic E-state index is 14.3. The quantitative estimate of drug-likeness (QED) is 0.0300. The third-order valence-electron chi connectivity index (χ3n) is 14.1. The maximum atomic E-state index is 14.3. The number of nitrogens with one attached hydrogen (secondary N) is 6. The van der Waals surface area contributed by atoms with Crippen molar-refractivity contribution >= 4 is 52.3 Å². The van der Waals surface area contributed by atoms with Gasteiger partial charge in [-0.2, -0.15) is 0 Å². The van der Waals surface area contributed by atoms with E-state index in [1.807, 2.05) is 24.3 Å². The van der Waals surface area contributed by atoms with Crippen LogP contribution in [0.4, 0.5) is 0 Å². The number of nitrogens with two attached hydrogens (primary N) is 1. The first-order valence-electron chi connectivity index (χ1n) is 26.7. The number of aliphatic hydroxyl groups is 2. The summed E-state index contributed by atoms with van der Waals surface area (Å²) in [4.78, 5) is 101. The number of aromatic hydroxyl groups is 2. The fourth-order valence-electron chi connectivity index (χ4n) is 9.43. The van der Waals surface area contributed by atoms with Crippen LogP contribution in [0.3, 0.4) is 0 Å². The highest BCUT2D eigenvalue weighted by atomic mass is 16.3. The lowest BCUT2D eigenvalue weighted by Crippen LogP contribution is -2.59. The minimum Gasteiger partial charge on any atom is -0.507 e. The number of phenols is 2. The van der Waals surface area contributed by atoms with Crippen molar-refractivity contribution in [3.8, 4) is 22.6 Å². The summed E-state index contributed by atoms with van der Waals surface area (Å²) in [5.41, 5.74) is 8.50. The molecule has 76 heavy (non-hydrogen) atoms. The Balaban J connectivity index is 1.20. The number of aliphatic hydroxyl groups excluding tert-OH is 2. The van der Waals surface area contributed by atoms with Crippen LogP contribution in [0.5, 0.6) is 11.5 Å². The van der Waals surface area contributed by atoms with Crippen LogP contribution in [0.1, 0.15) is 126 Å². The van der Waals surface area contributed by atoms with E-state index in [1.165, 1.54) is 103 Å². The van der Waals surface area contributed by atoms with Crippen molar-refractivity contribution in [2.24, 2.45) is 5.73 Å². The lowest BCUT2D eigenvalue weighted by atomic mass is 9.93. The minimum atomic E-state index is -1.72. The Bertz CT molecular complexity index is 2610. The van der Waals surface area contributed by atoms with Crippen LogP contribution in [0, 0.1) is 0 Å². The van der Waals surface area contributed by atoms with E-state index < -0.39 is 91.6 Å². The smallest absolute Gasteiger partial charge is 0.257 e. The van der Waals surface area contributed by atoms with Gasteiger partial charge in [0.1, 0.15) is 35.7 Å². The first kappa shape index (κ1) is 59.8. The Morgan fingerprint density at radius 2 is 1.36 bits per heavy atom. The SMILES string of the molecule is CCCCCCCCCCCCCCCC(=O)N(C)[C@H](CO)C(=O)N[C@H](N)C(=O)NCC(=O)N(C)[C@@H]1C(=O)N[C@@H](C)C(=O)N[C@H](C(=O)N[C@H](CO)Cc2c[nH]c3ccccc23)Cc2ccc(O)c(c2)-c2cc1ccc2O. The lowest BCUT2D eigenvalue weighted by Gasteiger charge is -2.30. The second-order valence-electron chi connectivity index (χ2n) is 19.9. The van der Waals surface area contributed by atoms with Gasteiger partial charge in [-0.25, -0.2) is 0 Å². The molecule has 0 radical (unpaired) electrons. The number of hydrogen-bond donors (Lipinski definition) is 11. The molecule has 5 rings (SSSR count). The molecule has 0 saturated carbocycles. The van der Waals surface area contributed by atoms with Crippen LogP contribution >= 0.6 is 0 Å². The summed E-state index contributed by atoms with van der Waals surface area (Å²) in [5, 5.41) is 56.4. The van der Waals surface area contributed by atoms with Gasteiger partial charge >= 0.3 is 0 Å². The lowest BCUT2D eigenvalue weighted by molar-refractivity contribution is -0.142. The predicted octanol–water partition coefficient (Wildman–Crippen LogP) is 3.83. The molecule has 20 nitrogen and oxygen atoms in total. The summed E-state index contributed by atoms with van der Waals surface area (Å²) in [6.07, 6.45) is 15.3. The molecule has 1 aliphatic rings. The molecule has 6 atom stereocenters. The number of H-pyrrole nitrogens is 1. The number of likely N-dealkylation sites (N-methyl/N-ethyl adjacent to an activating group) is 2. The highest BCUT2D eigenvalue weighted by molar-refractivity contribution is 5.97. The second-order valence-corrected chi connectivity index (χ2v) is 19.9. The number of carbonyl (C=O) groups is 7. The largest absolute Gasteiger partial charge is 0.507 e. The number of hydrogen-bond acceptors (Lipinski definition) is 12. The number of aromatic amines is 1. The number of rotatable bonds is 27. The standard InChI is InChI=1S/C56H79N9O11/c1-5-6-7-8-9-10-11-12-13-14-15-16-17-22-48(70)64(3)45(34-67)54(74)63-51(57)56(76)59-32-49(71)65(4)50-37-24-26-47(69)42(30-37)41-27-36(23-25-46(41)68)28-44(62-52(72)35(2)60-55(50)75)53(73)61-39(33-66)29-38-31-58-43-21-19-18-20-40(38)43/h18-21,23-27,30-31,35,39,44-45,50-51,58,66-69H,5-17,22,28-29,32-34,57H2,1-4H3,(H,59,76)(H,60,75)(H,61,73)(H,62,72)(H,63,74)/t35-,39-,44-,45+,50-,51-/m0/s1. The number of amides is 7. The Labute approximate surface area is 444 Å². The van der Waals surface area contributed by atoms with Crippen molar-refractivity contribution in [2.45, 2.75) is 153 Å². The Hall–Kier alpha value is -7.03. The molecule has 0 spiro atoms. The van der Waals surface area contributed by atoms with Gasteiger partial charge in [0, 0.05) is 55.2 Å². The number of phenolic OH excluding ortho intramolecular Hbond substituents is 2. The molecule has 1 aliphatic heterocycles. The molecule has 0 aliphatic carbocycles. The van der Waals surface area contributed by atoms with Gasteiger partial charge in [-0.05, 0) is 66.8 Å². The van der Waals surface area contributed by atoms with Gasteiger partial charge in [0.2, 0.25) is 35.4 Å². The maximum Gasteiger partial charge on any atom is 0.257 e. The second kappa shape index (κ2) is 29.9. The van der Waals surface area contributed by atoms with E-state index in [0.29, 0.717) is 12.0 Å². The van der Waals surface area contributed by atoms with E-state index in [0.717, 1.165) is 51.9 Å². The molecule has 0 saturated heterocycles. The van der Waals surface area contributed by atoms with E-state index in [-0.39, 0.29) is 53.4 Å². The first-order valence-corrected chi connectivity index (χ1v) is 26.7. The molecular formula is C56H79N9O11. The van der Waals surface area contributed by atoms with Crippen molar-refractivity contribution in [3.05, 3.63) is 83.6 Å². The zero-order valence-corrected chi connectivity index (χ0v) is 44.4. The summed E-state index contributed by atoms with van der Waals surface area (Å²) in [6, 6.07) is 9.85. The fourth-order valence-corrected chi connectivity index (χ4v) is 9.43. The number of aromatic nitrogens is 1. The van der Waals surface area contributed by atoms with Crippen molar-refractivity contribution < 1.29 is 54.0 Å². The van der Waals surface area contributed by atoms with Crippen LogP contribution in [0.25, 0.3) is 22.0 Å². The van der Waals surface area contributed by atoms with Crippen LogP contribution in [0.2, 0.25) is 0 Å². The van der Waals surface area contributed by atoms with E-state index in [9.17, 15) is 54.0 Å². The van der Waals surface area contributed by atoms with Gasteiger partial charge in [-0.3, -0.25) is 33.6 Å². The number of nitrogens with zero attached hydrogens (tertiary/aromatic N) is 2. The van der Waals surface area contributed by atoms with Gasteiger partial charge in [0.05, 0.1) is 25.8 Å². The molecule has 4 bridgehead atoms. The van der Waals surface area contributed by atoms with E-state index >= 15 is 0 Å². The Morgan fingerprint density at radius 1 is 0.737 bits per heavy atom. The third kappa shape index (κ3) is 17.0. The highest BCUT2D eigenvalue weighted by Gasteiger charge is 2.35. The van der Waals surface area contributed by atoms with Crippen LogP contribution in [-0.2, 0) is 46.4 Å². The molecule has 2 heterocycles. The Morgan fingerprint density at radius 3 is 2.00 bits per heavy atom. The van der Waals surface area contributed by atoms with Gasteiger partial charge in [0.15, 0.2) is 6.17 Å². The van der Waals surface area contributed by atoms with Gasteiger partial charge in [0.25, 0.3) is 5.91 Å². The van der Waals surface area contributed by atoms with Crippen molar-refractivity contribution in [2.75, 3.05) is 33.9 Å². The van der Waals surface area contributed by atoms with Crippen molar-refractivity contribution in [3.63, 3.8) is 0 Å². The number of fused-ring (bicyclic) bond motifs is 6. The monoisotopic (exact) mass is 1050 g/mol. The van der Waals surface area contributed by atoms with Gasteiger partial charge in [-0.1, -0.05) is 114 Å². The number of unbranched alkanes of at least 4 members (excludes halogenated alkanes) is 12. The third-order valence-corrected chi connectivity index (χ3v) is 14.1. The normalized spacial score (nSPS) is 16.8. The molecule has 20 heteroatoms. The van der Waals surface area contributed by atoms with Gasteiger partial charge in [-0.15, -0.1) is 0 Å². The molecule has 4 aromatic rings. The van der Waals surface area contributed by atoms with E-state index in [4.69, 9.17) is 5.73 Å². The first-order chi connectivity index (χ1) is 36.5. The highest BCUT2D eigenvalue weighted by Crippen LogP contribution is 2.39. The van der Waals surface area contributed by atoms with Crippen LogP contribution < -0.4 is 32.3 Å². The summed E-state index contributed by atoms with van der Waals surface area (Å²) < 4.78 is 0. The number of benzene rings is 3. The predicted molar refractivity (Wildman–Crippen MR) is 288 cm³/mol. The fraction of sp³-hybridized carbons (Fsp3) is 0.518. The zero-order chi connectivity index (χ0) is 55.3. The molecule has 3 aromatic carbocycles. The zero-order valence-electron chi connectivity index (χ0n) is 44.4. The molecule has 414 valence electrons. The minimum absolute atomic E-state index is 0.0628. The summed E-state index contributed by atoms with van der Waals surface area (Å²) in [7, 11) is 2.65. The summed E-state index contributed by atoms with van der Waals surface area (Å²) >= 11 is 0. The van der Waals surface area contributed by atoms with Crippen LogP contribution in [-0.4, -0.2) is 141 Å². The molecule has 1 aromatic heterocycles. The summed E-state index contributed by atoms with van der Waals surface area (Å²) in [5.74, 6) is -5.94. The molecular weight excluding hydrogens is 975 g/mol. The Kier molecular flexibility index (Phi) is 23.5. The van der Waals surface area contributed by atoms with E-state index in [2.05, 4.69) is 38.5 Å². The number of para-hydroxylation sites is 1. The topological polar surface area (TPSA) is 309 Å². The molecule has 12 N–H and O–H groups in total. The van der Waals surface area contributed by atoms with Crippen molar-refractivity contribution in [1.82, 2.24) is 41.4 Å². The molecule has 0 fully saturated rings. The molecule has 7 amide bonds. The number of carbonyl (C=O) groups excluding carboxylic acids is 7. The average molecular weight is 1050 g/mol. The average Bonchev–Trinajstić information content (AvgIpc) is 3.82. The van der Waals surface area contributed by atoms with Crippen LogP contribution in [0.15, 0.2) is 66.9 Å². The van der Waals surface area contributed by atoms with Crippen molar-refractivity contribution in [1.29, 1.82) is 0 Å².